The Morgan fingerprint density at radius 2 is 1.93 bits per heavy atom. The van der Waals surface area contributed by atoms with Crippen LogP contribution >= 0.6 is 11.3 Å². The molecule has 0 spiro atoms. The van der Waals surface area contributed by atoms with Crippen molar-refractivity contribution in [3.8, 4) is 0 Å². The predicted octanol–water partition coefficient (Wildman–Crippen LogP) is 3.17. The van der Waals surface area contributed by atoms with Crippen LogP contribution in [0.3, 0.4) is 0 Å². The van der Waals surface area contributed by atoms with Crippen molar-refractivity contribution in [2.45, 2.75) is 45.1 Å². The van der Waals surface area contributed by atoms with Crippen LogP contribution in [-0.4, -0.2) is 30.9 Å². The maximum Gasteiger partial charge on any atom is 0.308 e. The van der Waals surface area contributed by atoms with Crippen LogP contribution in [0, 0.1) is 0 Å². The fourth-order valence-corrected chi connectivity index (χ4v) is 4.02. The first-order valence-electron chi connectivity index (χ1n) is 9.90. The van der Waals surface area contributed by atoms with E-state index in [2.05, 4.69) is 28.8 Å². The number of carbonyl (C=O) groups excluding carboxylic acids is 3. The van der Waals surface area contributed by atoms with Crippen molar-refractivity contribution in [1.29, 1.82) is 0 Å². The van der Waals surface area contributed by atoms with Crippen molar-refractivity contribution in [2.75, 3.05) is 13.2 Å². The van der Waals surface area contributed by atoms with Gasteiger partial charge in [-0.2, -0.15) is 11.3 Å². The van der Waals surface area contributed by atoms with E-state index in [4.69, 9.17) is 4.74 Å². The molecule has 1 aromatic carbocycles. The lowest BCUT2D eigenvalue weighted by atomic mass is 9.89. The summed E-state index contributed by atoms with van der Waals surface area (Å²) in [5, 5.41) is 9.07. The number of carbonyl (C=O) groups is 3. The third-order valence-corrected chi connectivity index (χ3v) is 5.70. The second kappa shape index (κ2) is 10.2. The van der Waals surface area contributed by atoms with E-state index in [0.717, 1.165) is 18.4 Å². The fraction of sp³-hybridized carbons (Fsp3) is 0.409. The number of nitrogens with one attached hydrogen (secondary N) is 2. The van der Waals surface area contributed by atoms with Gasteiger partial charge in [-0.15, -0.1) is 0 Å². The zero-order valence-electron chi connectivity index (χ0n) is 16.5. The molecular weight excluding hydrogens is 388 g/mol. The lowest BCUT2D eigenvalue weighted by Gasteiger charge is -2.20. The number of ether oxygens (including phenoxy) is 1. The SMILES string of the molecule is CC(NC(=O)COC(=O)CCNC(=O)c1ccsc1)c1ccc2c(c1)CCCC2. The Bertz CT molecular complexity index is 864. The molecule has 0 aliphatic heterocycles. The van der Waals surface area contributed by atoms with Crippen molar-refractivity contribution in [3.05, 3.63) is 57.3 Å². The van der Waals surface area contributed by atoms with E-state index in [-0.39, 0.29) is 37.4 Å². The number of esters is 1. The van der Waals surface area contributed by atoms with Crippen molar-refractivity contribution in [3.63, 3.8) is 0 Å². The maximum atomic E-state index is 12.1. The lowest BCUT2D eigenvalue weighted by Crippen LogP contribution is -2.32. The minimum absolute atomic E-state index is 0.0174. The zero-order chi connectivity index (χ0) is 20.6. The molecule has 3 rings (SSSR count). The van der Waals surface area contributed by atoms with Gasteiger partial charge in [0.1, 0.15) is 0 Å². The van der Waals surface area contributed by atoms with Gasteiger partial charge in [0.25, 0.3) is 11.8 Å². The summed E-state index contributed by atoms with van der Waals surface area (Å²) >= 11 is 1.43. The standard InChI is InChI=1S/C22H26N2O4S/c1-15(17-7-6-16-4-2-3-5-18(16)12-17)24-20(25)13-28-21(26)8-10-23-22(27)19-9-11-29-14-19/h6-7,9,11-12,14-15H,2-5,8,10,13H2,1H3,(H,23,27)(H,24,25). The van der Waals surface area contributed by atoms with Crippen molar-refractivity contribution in [1.82, 2.24) is 10.6 Å². The van der Waals surface area contributed by atoms with Crippen molar-refractivity contribution >= 4 is 29.1 Å². The topological polar surface area (TPSA) is 84.5 Å². The smallest absolute Gasteiger partial charge is 0.308 e. The Morgan fingerprint density at radius 3 is 2.69 bits per heavy atom. The van der Waals surface area contributed by atoms with Crippen LogP contribution in [0.1, 0.15) is 59.3 Å². The van der Waals surface area contributed by atoms with E-state index in [9.17, 15) is 14.4 Å². The number of aryl methyl sites for hydroxylation is 2. The number of benzene rings is 1. The molecule has 1 aliphatic rings. The Labute approximate surface area is 174 Å². The summed E-state index contributed by atoms with van der Waals surface area (Å²) in [7, 11) is 0. The molecule has 2 amide bonds. The maximum absolute atomic E-state index is 12.1. The Kier molecular flexibility index (Phi) is 7.41. The molecule has 0 radical (unpaired) electrons. The van der Waals surface area contributed by atoms with E-state index in [1.54, 1.807) is 11.4 Å². The van der Waals surface area contributed by atoms with Gasteiger partial charge in [-0.3, -0.25) is 14.4 Å². The van der Waals surface area contributed by atoms with Crippen molar-refractivity contribution in [2.24, 2.45) is 0 Å². The molecule has 1 aliphatic carbocycles. The van der Waals surface area contributed by atoms with Crippen molar-refractivity contribution < 1.29 is 19.1 Å². The third kappa shape index (κ3) is 6.15. The molecule has 1 heterocycles. The van der Waals surface area contributed by atoms with E-state index < -0.39 is 5.97 Å². The van der Waals surface area contributed by atoms with Crippen LogP contribution in [-0.2, 0) is 27.2 Å². The minimum Gasteiger partial charge on any atom is -0.456 e. The van der Waals surface area contributed by atoms with Crippen LogP contribution in [0.25, 0.3) is 0 Å². The number of rotatable bonds is 8. The van der Waals surface area contributed by atoms with Gasteiger partial charge in [0.2, 0.25) is 0 Å². The predicted molar refractivity (Wildman–Crippen MR) is 112 cm³/mol. The van der Waals surface area contributed by atoms with E-state index in [1.165, 1.54) is 35.3 Å². The second-order valence-electron chi connectivity index (χ2n) is 7.20. The van der Waals surface area contributed by atoms with E-state index >= 15 is 0 Å². The fourth-order valence-electron chi connectivity index (χ4n) is 3.38. The monoisotopic (exact) mass is 414 g/mol. The van der Waals surface area contributed by atoms with Crippen LogP contribution in [0.15, 0.2) is 35.0 Å². The molecule has 2 aromatic rings. The number of hydrogen-bond acceptors (Lipinski definition) is 5. The highest BCUT2D eigenvalue weighted by Crippen LogP contribution is 2.24. The first-order chi connectivity index (χ1) is 14.0. The van der Waals surface area contributed by atoms with Gasteiger partial charge in [-0.05, 0) is 60.7 Å². The summed E-state index contributed by atoms with van der Waals surface area (Å²) < 4.78 is 5.00. The Morgan fingerprint density at radius 1 is 1.14 bits per heavy atom. The molecule has 0 saturated heterocycles. The third-order valence-electron chi connectivity index (χ3n) is 5.01. The summed E-state index contributed by atoms with van der Waals surface area (Å²) in [6.07, 6.45) is 4.68. The summed E-state index contributed by atoms with van der Waals surface area (Å²) in [5.74, 6) is -1.09. The van der Waals surface area contributed by atoms with E-state index in [0.29, 0.717) is 5.56 Å². The quantitative estimate of drug-likeness (QED) is 0.650. The van der Waals surface area contributed by atoms with Crippen LogP contribution in [0.5, 0.6) is 0 Å². The number of hydrogen-bond donors (Lipinski definition) is 2. The Hall–Kier alpha value is -2.67. The molecule has 29 heavy (non-hydrogen) atoms. The molecule has 1 unspecified atom stereocenters. The van der Waals surface area contributed by atoms with Gasteiger partial charge in [0, 0.05) is 17.5 Å². The van der Waals surface area contributed by atoms with Gasteiger partial charge in [-0.25, -0.2) is 0 Å². The highest BCUT2D eigenvalue weighted by atomic mass is 32.1. The molecule has 6 nitrogen and oxygen atoms in total. The molecule has 0 saturated carbocycles. The van der Waals surface area contributed by atoms with Gasteiger partial charge in [-0.1, -0.05) is 18.2 Å². The molecule has 0 fully saturated rings. The largest absolute Gasteiger partial charge is 0.456 e. The first kappa shape index (κ1) is 21.0. The molecule has 1 atom stereocenters. The average molecular weight is 415 g/mol. The minimum atomic E-state index is -0.521. The van der Waals surface area contributed by atoms with Gasteiger partial charge >= 0.3 is 5.97 Å². The number of fused-ring (bicyclic) bond motifs is 1. The Balaban J connectivity index is 1.36. The highest BCUT2D eigenvalue weighted by Gasteiger charge is 2.15. The van der Waals surface area contributed by atoms with E-state index in [1.807, 2.05) is 12.3 Å². The van der Waals surface area contributed by atoms with Gasteiger partial charge < -0.3 is 15.4 Å². The van der Waals surface area contributed by atoms with Crippen LogP contribution in [0.2, 0.25) is 0 Å². The summed E-state index contributed by atoms with van der Waals surface area (Å²) in [5.41, 5.74) is 4.39. The normalized spacial score (nSPS) is 13.8. The second-order valence-corrected chi connectivity index (χ2v) is 7.98. The average Bonchev–Trinajstić information content (AvgIpc) is 3.27. The summed E-state index contributed by atoms with van der Waals surface area (Å²) in [6.45, 7) is 1.76. The molecule has 1 aromatic heterocycles. The van der Waals surface area contributed by atoms with Crippen LogP contribution < -0.4 is 10.6 Å². The first-order valence-corrected chi connectivity index (χ1v) is 10.8. The molecule has 7 heteroatoms. The number of thiophene rings is 1. The van der Waals surface area contributed by atoms with Gasteiger partial charge in [0.15, 0.2) is 6.61 Å². The van der Waals surface area contributed by atoms with Crippen LogP contribution in [0.4, 0.5) is 0 Å². The zero-order valence-corrected chi connectivity index (χ0v) is 17.3. The summed E-state index contributed by atoms with van der Waals surface area (Å²) in [6, 6.07) is 7.93. The summed E-state index contributed by atoms with van der Waals surface area (Å²) in [4.78, 5) is 35.7. The molecule has 2 N–H and O–H groups in total. The molecule has 0 bridgehead atoms. The molecular formula is C22H26N2O4S. The lowest BCUT2D eigenvalue weighted by molar-refractivity contribution is -0.148. The molecule has 154 valence electrons. The highest BCUT2D eigenvalue weighted by molar-refractivity contribution is 7.08. The van der Waals surface area contributed by atoms with Gasteiger partial charge in [0.05, 0.1) is 12.5 Å². The number of amides is 2.